The van der Waals surface area contributed by atoms with Crippen molar-refractivity contribution in [2.75, 3.05) is 6.61 Å². The molecule has 0 heterocycles. The van der Waals surface area contributed by atoms with Crippen LogP contribution in [-0.4, -0.2) is 12.6 Å². The number of allylic oxidation sites excluding steroid dienone is 4. The van der Waals surface area contributed by atoms with Crippen molar-refractivity contribution in [3.8, 4) is 0 Å². The zero-order valence-electron chi connectivity index (χ0n) is 16.4. The first-order chi connectivity index (χ1) is 11.8. The minimum Gasteiger partial charge on any atom is -0.461 e. The normalized spacial score (nSPS) is 37.5. The SMILES string of the molecule is C=CCOC(=O)[C@]1(C)CCC[C@@]2(C)[C@H]1CC=C1C=C(C(C)C)CC[C@@H]12. The summed E-state index contributed by atoms with van der Waals surface area (Å²) in [4.78, 5) is 12.9. The van der Waals surface area contributed by atoms with Crippen molar-refractivity contribution in [2.24, 2.45) is 28.6 Å². The van der Waals surface area contributed by atoms with E-state index in [-0.39, 0.29) is 16.8 Å². The van der Waals surface area contributed by atoms with Gasteiger partial charge in [-0.3, -0.25) is 4.79 Å². The molecule has 3 aliphatic rings. The van der Waals surface area contributed by atoms with Gasteiger partial charge in [-0.1, -0.05) is 57.6 Å². The van der Waals surface area contributed by atoms with E-state index in [9.17, 15) is 4.79 Å². The Morgan fingerprint density at radius 1 is 1.40 bits per heavy atom. The molecule has 0 aromatic carbocycles. The smallest absolute Gasteiger partial charge is 0.312 e. The molecule has 0 unspecified atom stereocenters. The van der Waals surface area contributed by atoms with E-state index in [0.29, 0.717) is 24.4 Å². The molecule has 25 heavy (non-hydrogen) atoms. The highest BCUT2D eigenvalue weighted by molar-refractivity contribution is 5.77. The Bertz CT molecular complexity index is 612. The van der Waals surface area contributed by atoms with E-state index in [1.807, 2.05) is 0 Å². The Morgan fingerprint density at radius 2 is 2.16 bits per heavy atom. The lowest BCUT2D eigenvalue weighted by molar-refractivity contribution is -0.168. The molecule has 0 N–H and O–H groups in total. The van der Waals surface area contributed by atoms with Crippen LogP contribution in [0, 0.1) is 28.6 Å². The molecular formula is C23H34O2. The second-order valence-corrected chi connectivity index (χ2v) is 9.12. The monoisotopic (exact) mass is 342 g/mol. The van der Waals surface area contributed by atoms with Gasteiger partial charge in [0.25, 0.3) is 0 Å². The zero-order valence-corrected chi connectivity index (χ0v) is 16.4. The molecular weight excluding hydrogens is 308 g/mol. The fourth-order valence-corrected chi connectivity index (χ4v) is 5.89. The van der Waals surface area contributed by atoms with Crippen LogP contribution in [0.1, 0.15) is 66.2 Å². The number of carbonyl (C=O) groups excluding carboxylic acids is 1. The lowest BCUT2D eigenvalue weighted by atomic mass is 9.47. The lowest BCUT2D eigenvalue weighted by Crippen LogP contribution is -2.53. The topological polar surface area (TPSA) is 26.3 Å². The highest BCUT2D eigenvalue weighted by atomic mass is 16.5. The Balaban J connectivity index is 1.93. The number of fused-ring (bicyclic) bond motifs is 3. The van der Waals surface area contributed by atoms with Crippen molar-refractivity contribution in [1.82, 2.24) is 0 Å². The maximum atomic E-state index is 12.9. The average Bonchev–Trinajstić information content (AvgIpc) is 2.58. The quantitative estimate of drug-likeness (QED) is 0.473. The summed E-state index contributed by atoms with van der Waals surface area (Å²) in [5.41, 5.74) is 2.98. The second kappa shape index (κ2) is 6.78. The Hall–Kier alpha value is -1.31. The van der Waals surface area contributed by atoms with Crippen LogP contribution in [0.2, 0.25) is 0 Å². The first-order valence-electron chi connectivity index (χ1n) is 10.0. The fraction of sp³-hybridized carbons (Fsp3) is 0.696. The Morgan fingerprint density at radius 3 is 2.84 bits per heavy atom. The van der Waals surface area contributed by atoms with E-state index in [1.165, 1.54) is 24.8 Å². The van der Waals surface area contributed by atoms with Crippen LogP contribution < -0.4 is 0 Å². The number of hydrogen-bond donors (Lipinski definition) is 0. The number of hydrogen-bond acceptors (Lipinski definition) is 2. The molecule has 0 aromatic heterocycles. The van der Waals surface area contributed by atoms with Gasteiger partial charge < -0.3 is 4.74 Å². The van der Waals surface area contributed by atoms with E-state index in [0.717, 1.165) is 19.3 Å². The molecule has 0 aliphatic heterocycles. The second-order valence-electron chi connectivity index (χ2n) is 9.12. The van der Waals surface area contributed by atoms with E-state index >= 15 is 0 Å². The molecule has 0 spiro atoms. The number of ether oxygens (including phenoxy) is 1. The summed E-state index contributed by atoms with van der Waals surface area (Å²) < 4.78 is 5.52. The van der Waals surface area contributed by atoms with Crippen molar-refractivity contribution in [1.29, 1.82) is 0 Å². The van der Waals surface area contributed by atoms with Crippen molar-refractivity contribution in [3.05, 3.63) is 36.0 Å². The highest BCUT2D eigenvalue weighted by Crippen LogP contribution is 2.62. The summed E-state index contributed by atoms with van der Waals surface area (Å²) >= 11 is 0. The van der Waals surface area contributed by atoms with E-state index in [4.69, 9.17) is 4.74 Å². The molecule has 4 atom stereocenters. The Kier molecular flexibility index (Phi) is 5.01. The minimum atomic E-state index is -0.361. The predicted molar refractivity (Wildman–Crippen MR) is 103 cm³/mol. The maximum absolute atomic E-state index is 12.9. The first kappa shape index (κ1) is 18.5. The van der Waals surface area contributed by atoms with Crippen molar-refractivity contribution < 1.29 is 9.53 Å². The van der Waals surface area contributed by atoms with Crippen LogP contribution in [0.15, 0.2) is 36.0 Å². The molecule has 0 aromatic rings. The largest absolute Gasteiger partial charge is 0.461 e. The maximum Gasteiger partial charge on any atom is 0.312 e. The molecule has 1 fully saturated rings. The summed E-state index contributed by atoms with van der Waals surface area (Å²) in [7, 11) is 0. The van der Waals surface area contributed by atoms with Gasteiger partial charge in [0.05, 0.1) is 5.41 Å². The number of esters is 1. The minimum absolute atomic E-state index is 0.0191. The lowest BCUT2D eigenvalue weighted by Gasteiger charge is -2.57. The van der Waals surface area contributed by atoms with Gasteiger partial charge in [-0.15, -0.1) is 0 Å². The molecule has 2 heteroatoms. The number of carbonyl (C=O) groups is 1. The van der Waals surface area contributed by atoms with Gasteiger partial charge in [-0.25, -0.2) is 0 Å². The molecule has 3 aliphatic carbocycles. The number of rotatable bonds is 4. The van der Waals surface area contributed by atoms with Gasteiger partial charge in [-0.2, -0.15) is 0 Å². The standard InChI is InChI=1S/C23H34O2/c1-6-14-25-21(24)23(5)13-7-12-22(4)19-10-8-17(16(2)3)15-18(19)9-11-20(22)23/h6,9,15-16,19-20H,1,7-8,10-14H2,2-5H3/t19-,20+,22+,23+/m0/s1. The van der Waals surface area contributed by atoms with Crippen LogP contribution >= 0.6 is 0 Å². The molecule has 0 amide bonds. The molecule has 2 nitrogen and oxygen atoms in total. The third kappa shape index (κ3) is 3.02. The van der Waals surface area contributed by atoms with E-state index < -0.39 is 0 Å². The van der Waals surface area contributed by atoms with Crippen LogP contribution in [0.25, 0.3) is 0 Å². The molecule has 138 valence electrons. The molecule has 0 bridgehead atoms. The average molecular weight is 343 g/mol. The van der Waals surface area contributed by atoms with Crippen LogP contribution in [0.3, 0.4) is 0 Å². The summed E-state index contributed by atoms with van der Waals surface area (Å²) in [6.45, 7) is 13.2. The van der Waals surface area contributed by atoms with Gasteiger partial charge in [0.15, 0.2) is 0 Å². The summed E-state index contributed by atoms with van der Waals surface area (Å²) in [6, 6.07) is 0. The van der Waals surface area contributed by atoms with Gasteiger partial charge >= 0.3 is 5.97 Å². The van der Waals surface area contributed by atoms with E-state index in [1.54, 1.807) is 11.6 Å². The predicted octanol–water partition coefficient (Wildman–Crippen LogP) is 5.85. The Labute approximate surface area is 153 Å². The van der Waals surface area contributed by atoms with E-state index in [2.05, 4.69) is 46.4 Å². The highest BCUT2D eigenvalue weighted by Gasteiger charge is 2.57. The van der Waals surface area contributed by atoms with Gasteiger partial charge in [0.1, 0.15) is 6.61 Å². The summed E-state index contributed by atoms with van der Waals surface area (Å²) in [6.07, 6.45) is 13.3. The van der Waals surface area contributed by atoms with Crippen LogP contribution in [-0.2, 0) is 9.53 Å². The van der Waals surface area contributed by atoms with Gasteiger partial charge in [0, 0.05) is 0 Å². The molecule has 1 saturated carbocycles. The summed E-state index contributed by atoms with van der Waals surface area (Å²) in [5.74, 6) is 1.60. The third-order valence-electron chi connectivity index (χ3n) is 7.38. The molecule has 0 saturated heterocycles. The molecule has 0 radical (unpaired) electrons. The first-order valence-corrected chi connectivity index (χ1v) is 10.0. The molecule has 3 rings (SSSR count). The summed E-state index contributed by atoms with van der Waals surface area (Å²) in [5, 5.41) is 0. The van der Waals surface area contributed by atoms with Crippen LogP contribution in [0.5, 0.6) is 0 Å². The van der Waals surface area contributed by atoms with Crippen LogP contribution in [0.4, 0.5) is 0 Å². The van der Waals surface area contributed by atoms with Crippen molar-refractivity contribution >= 4 is 5.97 Å². The fourth-order valence-electron chi connectivity index (χ4n) is 5.89. The zero-order chi connectivity index (χ0) is 18.2. The van der Waals surface area contributed by atoms with Crippen molar-refractivity contribution in [2.45, 2.75) is 66.2 Å². The third-order valence-corrected chi connectivity index (χ3v) is 7.38. The van der Waals surface area contributed by atoms with Crippen molar-refractivity contribution in [3.63, 3.8) is 0 Å². The van der Waals surface area contributed by atoms with Gasteiger partial charge in [-0.05, 0) is 67.8 Å². The van der Waals surface area contributed by atoms with Gasteiger partial charge in [0.2, 0.25) is 0 Å².